The molecular weight excluding hydrogens is 234 g/mol. The summed E-state index contributed by atoms with van der Waals surface area (Å²) in [7, 11) is 0. The molecule has 0 unspecified atom stereocenters. The molecule has 0 bridgehead atoms. The van der Waals surface area contributed by atoms with E-state index in [0.29, 0.717) is 11.4 Å². The fourth-order valence-electron chi connectivity index (χ4n) is 1.62. The lowest BCUT2D eigenvalue weighted by molar-refractivity contribution is 0.877. The van der Waals surface area contributed by atoms with Crippen LogP contribution >= 0.6 is 11.6 Å². The molecule has 0 amide bonds. The molecule has 0 saturated carbocycles. The van der Waals surface area contributed by atoms with Crippen molar-refractivity contribution in [3.05, 3.63) is 47.8 Å². The minimum atomic E-state index is 0.639. The number of aryl methyl sites for hydroxylation is 1. The third-order valence-corrected chi connectivity index (χ3v) is 2.74. The number of alkyl halides is 1. The van der Waals surface area contributed by atoms with Gasteiger partial charge in [-0.05, 0) is 36.6 Å². The zero-order valence-corrected chi connectivity index (χ0v) is 10.1. The molecule has 0 aliphatic rings. The van der Waals surface area contributed by atoms with Gasteiger partial charge in [0.05, 0.1) is 23.5 Å². The molecule has 1 heterocycles. The van der Waals surface area contributed by atoms with E-state index < -0.39 is 0 Å². The van der Waals surface area contributed by atoms with Gasteiger partial charge in [0.15, 0.2) is 0 Å². The second kappa shape index (κ2) is 5.51. The van der Waals surface area contributed by atoms with Crippen LogP contribution in [0.3, 0.4) is 0 Å². The van der Waals surface area contributed by atoms with Gasteiger partial charge >= 0.3 is 0 Å². The number of rotatable bonds is 4. The van der Waals surface area contributed by atoms with Gasteiger partial charge in [-0.2, -0.15) is 10.4 Å². The largest absolute Gasteiger partial charge is 0.241 e. The normalized spacial score (nSPS) is 10.1. The maximum atomic E-state index is 8.84. The Morgan fingerprint density at radius 3 is 3.06 bits per heavy atom. The number of hydrogen-bond acceptors (Lipinski definition) is 2. The first-order valence-electron chi connectivity index (χ1n) is 5.43. The molecule has 0 radical (unpaired) electrons. The molecule has 17 heavy (non-hydrogen) atoms. The minimum Gasteiger partial charge on any atom is -0.241 e. The maximum absolute atomic E-state index is 8.84. The van der Waals surface area contributed by atoms with Gasteiger partial charge in [0, 0.05) is 12.1 Å². The highest BCUT2D eigenvalue weighted by Crippen LogP contribution is 2.11. The van der Waals surface area contributed by atoms with Crippen LogP contribution in [0, 0.1) is 11.3 Å². The molecule has 0 spiro atoms. The molecule has 2 aromatic rings. The van der Waals surface area contributed by atoms with E-state index in [1.807, 2.05) is 30.6 Å². The lowest BCUT2D eigenvalue weighted by atomic mass is 10.2. The Bertz CT molecular complexity index is 540. The van der Waals surface area contributed by atoms with Crippen molar-refractivity contribution < 1.29 is 0 Å². The summed E-state index contributed by atoms with van der Waals surface area (Å²) in [6.07, 6.45) is 5.70. The van der Waals surface area contributed by atoms with Crippen molar-refractivity contribution in [3.8, 4) is 11.8 Å². The minimum absolute atomic E-state index is 0.639. The Kier molecular flexibility index (Phi) is 3.79. The summed E-state index contributed by atoms with van der Waals surface area (Å²) in [5.41, 5.74) is 2.70. The molecule has 2 rings (SSSR count). The van der Waals surface area contributed by atoms with Crippen LogP contribution in [0.15, 0.2) is 36.7 Å². The zero-order chi connectivity index (χ0) is 12.1. The van der Waals surface area contributed by atoms with Gasteiger partial charge in [0.1, 0.15) is 0 Å². The fraction of sp³-hybridized carbons (Fsp3) is 0.231. The average Bonchev–Trinajstić information content (AvgIpc) is 2.85. The van der Waals surface area contributed by atoms with Crippen molar-refractivity contribution in [1.29, 1.82) is 5.26 Å². The summed E-state index contributed by atoms with van der Waals surface area (Å²) in [5, 5.41) is 13.1. The molecule has 3 nitrogen and oxygen atoms in total. The molecule has 86 valence electrons. The standard InChI is InChI=1S/C13H12ClN3/c14-6-2-4-12-9-16-17(10-12)13-5-1-3-11(7-13)8-15/h1,3,5,7,9-10H,2,4,6H2. The van der Waals surface area contributed by atoms with Gasteiger partial charge in [0.2, 0.25) is 0 Å². The highest BCUT2D eigenvalue weighted by atomic mass is 35.5. The van der Waals surface area contributed by atoms with E-state index in [-0.39, 0.29) is 0 Å². The molecule has 0 aliphatic heterocycles. The third-order valence-electron chi connectivity index (χ3n) is 2.47. The first-order chi connectivity index (χ1) is 8.33. The SMILES string of the molecule is N#Cc1cccc(-n2cc(CCCCl)cn2)c1. The molecule has 1 aromatic heterocycles. The van der Waals surface area contributed by atoms with Crippen LogP contribution in [0.4, 0.5) is 0 Å². The van der Waals surface area contributed by atoms with E-state index in [9.17, 15) is 0 Å². The van der Waals surface area contributed by atoms with E-state index in [4.69, 9.17) is 16.9 Å². The van der Waals surface area contributed by atoms with Gasteiger partial charge in [-0.25, -0.2) is 4.68 Å². The first-order valence-corrected chi connectivity index (χ1v) is 5.97. The molecular formula is C13H12ClN3. The second-order valence-corrected chi connectivity index (χ2v) is 4.13. The van der Waals surface area contributed by atoms with E-state index in [1.165, 1.54) is 0 Å². The number of nitriles is 1. The molecule has 1 aromatic carbocycles. The van der Waals surface area contributed by atoms with Crippen LogP contribution < -0.4 is 0 Å². The van der Waals surface area contributed by atoms with E-state index >= 15 is 0 Å². The number of halogens is 1. The summed E-state index contributed by atoms with van der Waals surface area (Å²) >= 11 is 5.65. The maximum Gasteiger partial charge on any atom is 0.0992 e. The predicted octanol–water partition coefficient (Wildman–Crippen LogP) is 2.92. The van der Waals surface area contributed by atoms with Crippen LogP contribution in [0.25, 0.3) is 5.69 Å². The van der Waals surface area contributed by atoms with Crippen molar-refractivity contribution in [2.24, 2.45) is 0 Å². The fourth-order valence-corrected chi connectivity index (χ4v) is 1.75. The predicted molar refractivity (Wildman–Crippen MR) is 67.3 cm³/mol. The van der Waals surface area contributed by atoms with E-state index in [1.54, 1.807) is 10.7 Å². The first kappa shape index (κ1) is 11.7. The van der Waals surface area contributed by atoms with Crippen LogP contribution in [0.1, 0.15) is 17.5 Å². The lowest BCUT2D eigenvalue weighted by Crippen LogP contribution is -1.94. The molecule has 0 N–H and O–H groups in total. The van der Waals surface area contributed by atoms with Gasteiger partial charge in [-0.1, -0.05) is 6.07 Å². The molecule has 0 atom stereocenters. The van der Waals surface area contributed by atoms with Gasteiger partial charge in [-0.15, -0.1) is 11.6 Å². The lowest BCUT2D eigenvalue weighted by Gasteiger charge is -2.00. The van der Waals surface area contributed by atoms with Crippen molar-refractivity contribution in [1.82, 2.24) is 9.78 Å². The number of aromatic nitrogens is 2. The summed E-state index contributed by atoms with van der Waals surface area (Å²) < 4.78 is 1.78. The molecule has 4 heteroatoms. The van der Waals surface area contributed by atoms with E-state index in [2.05, 4.69) is 11.2 Å². The second-order valence-electron chi connectivity index (χ2n) is 3.75. The van der Waals surface area contributed by atoms with Gasteiger partial charge < -0.3 is 0 Å². The van der Waals surface area contributed by atoms with Gasteiger partial charge in [0.25, 0.3) is 0 Å². The number of nitrogens with zero attached hydrogens (tertiary/aromatic N) is 3. The Hall–Kier alpha value is -1.79. The highest BCUT2D eigenvalue weighted by Gasteiger charge is 2.01. The molecule has 0 saturated heterocycles. The summed E-state index contributed by atoms with van der Waals surface area (Å²) in [4.78, 5) is 0. The van der Waals surface area contributed by atoms with Gasteiger partial charge in [-0.3, -0.25) is 0 Å². The molecule has 0 aliphatic carbocycles. The van der Waals surface area contributed by atoms with Crippen molar-refractivity contribution in [2.75, 3.05) is 5.88 Å². The van der Waals surface area contributed by atoms with Crippen LogP contribution in [-0.2, 0) is 6.42 Å². The van der Waals surface area contributed by atoms with Crippen LogP contribution in [-0.4, -0.2) is 15.7 Å². The number of benzene rings is 1. The quantitative estimate of drug-likeness (QED) is 0.778. The van der Waals surface area contributed by atoms with E-state index in [0.717, 1.165) is 24.1 Å². The number of hydrogen-bond donors (Lipinski definition) is 0. The Balaban J connectivity index is 2.21. The van der Waals surface area contributed by atoms with Crippen LogP contribution in [0.5, 0.6) is 0 Å². The molecule has 0 fully saturated rings. The summed E-state index contributed by atoms with van der Waals surface area (Å²) in [5.74, 6) is 0.662. The van der Waals surface area contributed by atoms with Crippen molar-refractivity contribution >= 4 is 11.6 Å². The topological polar surface area (TPSA) is 41.6 Å². The van der Waals surface area contributed by atoms with Crippen molar-refractivity contribution in [2.45, 2.75) is 12.8 Å². The smallest absolute Gasteiger partial charge is 0.0992 e. The summed E-state index contributed by atoms with van der Waals surface area (Å²) in [6, 6.07) is 9.50. The zero-order valence-electron chi connectivity index (χ0n) is 9.31. The Morgan fingerprint density at radius 2 is 2.29 bits per heavy atom. The van der Waals surface area contributed by atoms with Crippen LogP contribution in [0.2, 0.25) is 0 Å². The summed E-state index contributed by atoms with van der Waals surface area (Å²) in [6.45, 7) is 0. The Morgan fingerprint density at radius 1 is 1.41 bits per heavy atom. The van der Waals surface area contributed by atoms with Crippen molar-refractivity contribution in [3.63, 3.8) is 0 Å². The third kappa shape index (κ3) is 2.86. The Labute approximate surface area is 105 Å². The monoisotopic (exact) mass is 245 g/mol. The highest BCUT2D eigenvalue weighted by molar-refractivity contribution is 6.17. The average molecular weight is 246 g/mol.